The molecule has 0 aliphatic heterocycles. The third-order valence-corrected chi connectivity index (χ3v) is 2.29. The Morgan fingerprint density at radius 3 is 2.19 bits per heavy atom. The van der Waals surface area contributed by atoms with E-state index in [1.165, 1.54) is 24.8 Å². The van der Waals surface area contributed by atoms with Gasteiger partial charge in [0, 0.05) is 13.5 Å². The number of amides is 1. The quantitative estimate of drug-likeness (QED) is 0.512. The van der Waals surface area contributed by atoms with Crippen LogP contribution >= 0.6 is 0 Å². The van der Waals surface area contributed by atoms with Crippen molar-refractivity contribution in [2.24, 2.45) is 0 Å². The van der Waals surface area contributed by atoms with Gasteiger partial charge in [-0.25, -0.2) is 0 Å². The molecule has 0 aromatic carbocycles. The summed E-state index contributed by atoms with van der Waals surface area (Å²) < 4.78 is 0. The van der Waals surface area contributed by atoms with E-state index in [2.05, 4.69) is 6.92 Å². The van der Waals surface area contributed by atoms with E-state index in [9.17, 15) is 9.59 Å². The molecule has 0 heterocycles. The van der Waals surface area contributed by atoms with Gasteiger partial charge in [0.2, 0.25) is 5.91 Å². The van der Waals surface area contributed by atoms with Crippen LogP contribution in [0.5, 0.6) is 0 Å². The molecule has 1 amide bonds. The summed E-state index contributed by atoms with van der Waals surface area (Å²) in [5, 5.41) is 8.48. The van der Waals surface area contributed by atoms with Crippen molar-refractivity contribution in [3.8, 4) is 0 Å². The third kappa shape index (κ3) is 10.5. The van der Waals surface area contributed by atoms with Gasteiger partial charge in [0.1, 0.15) is 6.54 Å². The number of carbonyl (C=O) groups is 2. The molecule has 0 atom stereocenters. The monoisotopic (exact) mass is 239 g/mol. The second kappa shape index (κ2) is 11.4. The zero-order chi connectivity index (χ0) is 11.7. The molecule has 0 bridgehead atoms. The van der Waals surface area contributed by atoms with Gasteiger partial charge < -0.3 is 10.0 Å². The van der Waals surface area contributed by atoms with Crippen LogP contribution in [0.15, 0.2) is 0 Å². The molecule has 90 valence electrons. The summed E-state index contributed by atoms with van der Waals surface area (Å²) in [4.78, 5) is 23.0. The van der Waals surface area contributed by atoms with Crippen molar-refractivity contribution >= 4 is 41.4 Å². The predicted octanol–water partition coefficient (Wildman–Crippen LogP) is 1.24. The van der Waals surface area contributed by atoms with Crippen molar-refractivity contribution < 1.29 is 14.7 Å². The van der Waals surface area contributed by atoms with Crippen LogP contribution in [0.3, 0.4) is 0 Å². The topological polar surface area (TPSA) is 57.6 Å². The van der Waals surface area contributed by atoms with E-state index in [0.717, 1.165) is 19.3 Å². The Bertz CT molecular complexity index is 209. The minimum absolute atomic E-state index is 0. The number of unbranched alkanes of at least 4 members (excludes halogenated alkanes) is 4. The van der Waals surface area contributed by atoms with Crippen molar-refractivity contribution in [2.45, 2.75) is 45.4 Å². The summed E-state index contributed by atoms with van der Waals surface area (Å²) in [5.74, 6) is -1.04. The van der Waals surface area contributed by atoms with Crippen LogP contribution in [-0.2, 0) is 9.59 Å². The molecule has 0 fully saturated rings. The first kappa shape index (κ1) is 18.3. The average Bonchev–Trinajstić information content (AvgIpc) is 2.16. The van der Waals surface area contributed by atoms with Gasteiger partial charge in [-0.3, -0.25) is 9.59 Å². The molecule has 0 spiro atoms. The summed E-state index contributed by atoms with van der Waals surface area (Å²) in [6, 6.07) is 0. The number of nitrogens with zero attached hydrogens (tertiary/aromatic N) is 1. The van der Waals surface area contributed by atoms with Crippen LogP contribution in [0, 0.1) is 0 Å². The van der Waals surface area contributed by atoms with Crippen molar-refractivity contribution in [3.63, 3.8) is 0 Å². The van der Waals surface area contributed by atoms with Crippen molar-refractivity contribution in [1.82, 2.24) is 4.90 Å². The first-order chi connectivity index (χ1) is 7.07. The summed E-state index contributed by atoms with van der Waals surface area (Å²) in [7, 11) is 1.53. The summed E-state index contributed by atoms with van der Waals surface area (Å²) in [6.45, 7) is 1.94. The Balaban J connectivity index is 0. The number of hydrogen-bond acceptors (Lipinski definition) is 2. The summed E-state index contributed by atoms with van der Waals surface area (Å²) in [5.41, 5.74) is 0. The van der Waals surface area contributed by atoms with Crippen LogP contribution in [0.4, 0.5) is 0 Å². The Morgan fingerprint density at radius 2 is 1.69 bits per heavy atom. The van der Waals surface area contributed by atoms with Gasteiger partial charge in [-0.15, -0.1) is 0 Å². The van der Waals surface area contributed by atoms with E-state index in [0.29, 0.717) is 6.42 Å². The number of hydrogen-bond donors (Lipinski definition) is 1. The van der Waals surface area contributed by atoms with E-state index < -0.39 is 5.97 Å². The van der Waals surface area contributed by atoms with Gasteiger partial charge in [0.25, 0.3) is 0 Å². The van der Waals surface area contributed by atoms with E-state index in [1.807, 2.05) is 0 Å². The molecule has 0 unspecified atom stereocenters. The van der Waals surface area contributed by atoms with Crippen LogP contribution in [0.25, 0.3) is 0 Å². The normalized spacial score (nSPS) is 9.38. The maximum atomic E-state index is 11.4. The number of likely N-dealkylation sites (N-methyl/N-ethyl adjacent to an activating group) is 1. The SMILES string of the molecule is CCCCCCCC(=O)N(C)CC(=O)O.[NaH]. The standard InChI is InChI=1S/C11H21NO3.Na.H/c1-3-4-5-6-7-8-10(13)12(2)9-11(14)15;;/h3-9H2,1-2H3,(H,14,15);;. The summed E-state index contributed by atoms with van der Waals surface area (Å²) >= 11 is 0. The molecule has 4 nitrogen and oxygen atoms in total. The fraction of sp³-hybridized carbons (Fsp3) is 0.818. The van der Waals surface area contributed by atoms with Gasteiger partial charge in [-0.05, 0) is 6.42 Å². The van der Waals surface area contributed by atoms with Gasteiger partial charge >= 0.3 is 35.5 Å². The van der Waals surface area contributed by atoms with Crippen molar-refractivity contribution in [2.75, 3.05) is 13.6 Å². The van der Waals surface area contributed by atoms with Crippen molar-refractivity contribution in [3.05, 3.63) is 0 Å². The molecule has 0 saturated heterocycles. The van der Waals surface area contributed by atoms with Crippen LogP contribution < -0.4 is 0 Å². The molecule has 0 aliphatic rings. The van der Waals surface area contributed by atoms with Crippen LogP contribution in [0.1, 0.15) is 45.4 Å². The first-order valence-electron chi connectivity index (χ1n) is 5.53. The molecule has 5 heteroatoms. The van der Waals surface area contributed by atoms with E-state index >= 15 is 0 Å². The Hall–Kier alpha value is -0.0600. The molecule has 1 N–H and O–H groups in total. The molecule has 0 rings (SSSR count). The maximum absolute atomic E-state index is 11.4. The van der Waals surface area contributed by atoms with Crippen LogP contribution in [-0.4, -0.2) is 65.0 Å². The molecular weight excluding hydrogens is 217 g/mol. The number of carbonyl (C=O) groups excluding carboxylic acids is 1. The van der Waals surface area contributed by atoms with Crippen LogP contribution in [0.2, 0.25) is 0 Å². The summed E-state index contributed by atoms with van der Waals surface area (Å²) in [6.07, 6.45) is 5.94. The number of aliphatic carboxylic acids is 1. The van der Waals surface area contributed by atoms with E-state index in [4.69, 9.17) is 5.11 Å². The predicted molar refractivity (Wildman–Crippen MR) is 65.8 cm³/mol. The zero-order valence-corrected chi connectivity index (χ0v) is 9.66. The average molecular weight is 239 g/mol. The number of carboxylic acids is 1. The van der Waals surface area contributed by atoms with E-state index in [1.54, 1.807) is 0 Å². The Labute approximate surface area is 120 Å². The first-order valence-corrected chi connectivity index (χ1v) is 5.53. The second-order valence-electron chi connectivity index (χ2n) is 3.81. The molecule has 16 heavy (non-hydrogen) atoms. The molecule has 0 aromatic heterocycles. The van der Waals surface area contributed by atoms with Gasteiger partial charge in [0.15, 0.2) is 0 Å². The van der Waals surface area contributed by atoms with Gasteiger partial charge in [0.05, 0.1) is 0 Å². The van der Waals surface area contributed by atoms with Gasteiger partial charge in [-0.1, -0.05) is 32.6 Å². The molecule has 0 aromatic rings. The number of carboxylic acid groups (broad SMARTS) is 1. The fourth-order valence-corrected chi connectivity index (χ4v) is 1.36. The number of rotatable bonds is 8. The molecule has 0 aliphatic carbocycles. The molecule has 0 radical (unpaired) electrons. The van der Waals surface area contributed by atoms with E-state index in [-0.39, 0.29) is 42.0 Å². The Kier molecular flexibility index (Phi) is 13.1. The van der Waals surface area contributed by atoms with Crippen molar-refractivity contribution in [1.29, 1.82) is 0 Å². The fourth-order valence-electron chi connectivity index (χ4n) is 1.36. The molecule has 0 saturated carbocycles. The zero-order valence-electron chi connectivity index (χ0n) is 9.66. The molecular formula is C11H22NNaO3. The third-order valence-electron chi connectivity index (χ3n) is 2.29. The minimum atomic E-state index is -0.961. The second-order valence-corrected chi connectivity index (χ2v) is 3.81. The van der Waals surface area contributed by atoms with Gasteiger partial charge in [-0.2, -0.15) is 0 Å². The Morgan fingerprint density at radius 1 is 1.12 bits per heavy atom.